The van der Waals surface area contributed by atoms with Crippen LogP contribution in [0, 0.1) is 5.92 Å². The number of benzene rings is 1. The molecule has 1 aromatic carbocycles. The van der Waals surface area contributed by atoms with Crippen molar-refractivity contribution in [3.8, 4) is 0 Å². The van der Waals surface area contributed by atoms with Crippen LogP contribution in [0.25, 0.3) is 0 Å². The maximum atomic E-state index is 10.3. The predicted octanol–water partition coefficient (Wildman–Crippen LogP) is 3.15. The van der Waals surface area contributed by atoms with E-state index in [4.69, 9.17) is 0 Å². The lowest BCUT2D eigenvalue weighted by Crippen LogP contribution is -2.01. The second kappa shape index (κ2) is 6.36. The Hall–Kier alpha value is -1.11. The van der Waals surface area contributed by atoms with Gasteiger partial charge in [0.25, 0.3) is 0 Å². The fraction of sp³-hybridized carbons (Fsp3) is 0.462. The average Bonchev–Trinajstić information content (AvgIpc) is 2.25. The van der Waals surface area contributed by atoms with Gasteiger partial charge in [-0.2, -0.15) is 0 Å². The van der Waals surface area contributed by atoms with E-state index in [9.17, 15) is 4.79 Å². The van der Waals surface area contributed by atoms with Crippen LogP contribution < -0.4 is 0 Å². The standard InChI is InChI=1S/C13H17O/c1-2-12(10-11-14)8-9-13-6-4-3-5-7-13/h3-7,12H,2,8-10H2,1H3. The zero-order chi connectivity index (χ0) is 10.2. The van der Waals surface area contributed by atoms with E-state index in [2.05, 4.69) is 31.2 Å². The molecule has 0 fully saturated rings. The first kappa shape index (κ1) is 11.0. The predicted molar refractivity (Wildman–Crippen MR) is 58.9 cm³/mol. The summed E-state index contributed by atoms with van der Waals surface area (Å²) in [5, 5.41) is 0. The molecule has 0 amide bonds. The first-order valence-corrected chi connectivity index (χ1v) is 5.25. The van der Waals surface area contributed by atoms with Crippen LogP contribution in [0.1, 0.15) is 31.7 Å². The number of rotatable bonds is 6. The molecule has 1 rings (SSSR count). The van der Waals surface area contributed by atoms with Crippen molar-refractivity contribution in [2.45, 2.75) is 32.6 Å². The summed E-state index contributed by atoms with van der Waals surface area (Å²) in [6.45, 7) is 2.13. The van der Waals surface area contributed by atoms with Gasteiger partial charge in [0.2, 0.25) is 0 Å². The number of carbonyl (C=O) groups excluding carboxylic acids is 1. The molecule has 0 aliphatic carbocycles. The van der Waals surface area contributed by atoms with Crippen LogP contribution in [0.5, 0.6) is 0 Å². The monoisotopic (exact) mass is 189 g/mol. The minimum atomic E-state index is 0.507. The van der Waals surface area contributed by atoms with Gasteiger partial charge in [0.05, 0.1) is 0 Å². The largest absolute Gasteiger partial charge is 0.291 e. The fourth-order valence-electron chi connectivity index (χ4n) is 1.58. The van der Waals surface area contributed by atoms with E-state index < -0.39 is 0 Å². The van der Waals surface area contributed by atoms with E-state index in [-0.39, 0.29) is 0 Å². The Labute approximate surface area is 86.1 Å². The van der Waals surface area contributed by atoms with Crippen molar-refractivity contribution in [1.82, 2.24) is 0 Å². The third kappa shape index (κ3) is 3.73. The minimum Gasteiger partial charge on any atom is -0.291 e. The van der Waals surface area contributed by atoms with Gasteiger partial charge in [0.15, 0.2) is 6.29 Å². The third-order valence-electron chi connectivity index (χ3n) is 2.63. The molecule has 75 valence electrons. The molecule has 0 aliphatic rings. The smallest absolute Gasteiger partial charge is 0.198 e. The second-order valence-corrected chi connectivity index (χ2v) is 3.65. The highest BCUT2D eigenvalue weighted by Crippen LogP contribution is 2.15. The van der Waals surface area contributed by atoms with E-state index in [0.717, 1.165) is 19.3 Å². The molecule has 0 saturated heterocycles. The zero-order valence-electron chi connectivity index (χ0n) is 8.70. The van der Waals surface area contributed by atoms with Crippen LogP contribution in [0.15, 0.2) is 30.3 Å². The van der Waals surface area contributed by atoms with Gasteiger partial charge in [-0.05, 0) is 24.3 Å². The van der Waals surface area contributed by atoms with Gasteiger partial charge in [-0.1, -0.05) is 43.7 Å². The molecule has 0 N–H and O–H groups in total. The van der Waals surface area contributed by atoms with Crippen LogP contribution in [-0.2, 0) is 11.2 Å². The van der Waals surface area contributed by atoms with E-state index in [1.165, 1.54) is 5.56 Å². The van der Waals surface area contributed by atoms with Gasteiger partial charge in [0, 0.05) is 6.42 Å². The Kier molecular flexibility index (Phi) is 4.98. The molecular weight excluding hydrogens is 172 g/mol. The SMILES string of the molecule is CCC(C[C]=O)CCc1ccccc1. The number of hydrogen-bond acceptors (Lipinski definition) is 1. The van der Waals surface area contributed by atoms with Gasteiger partial charge in [-0.25, -0.2) is 0 Å². The Morgan fingerprint density at radius 3 is 2.57 bits per heavy atom. The first-order chi connectivity index (χ1) is 6.86. The Morgan fingerprint density at radius 2 is 2.00 bits per heavy atom. The second-order valence-electron chi connectivity index (χ2n) is 3.65. The van der Waals surface area contributed by atoms with Gasteiger partial charge < -0.3 is 0 Å². The van der Waals surface area contributed by atoms with E-state index in [1.54, 1.807) is 0 Å². The summed E-state index contributed by atoms with van der Waals surface area (Å²) in [4.78, 5) is 10.3. The first-order valence-electron chi connectivity index (χ1n) is 5.25. The summed E-state index contributed by atoms with van der Waals surface area (Å²) in [5.74, 6) is 0.507. The van der Waals surface area contributed by atoms with Crippen molar-refractivity contribution in [2.75, 3.05) is 0 Å². The molecule has 14 heavy (non-hydrogen) atoms. The lowest BCUT2D eigenvalue weighted by molar-refractivity contribution is 0.464. The molecule has 0 saturated carbocycles. The maximum Gasteiger partial charge on any atom is 0.198 e. The molecule has 1 unspecified atom stereocenters. The minimum absolute atomic E-state index is 0.507. The van der Waals surface area contributed by atoms with Crippen molar-refractivity contribution in [3.05, 3.63) is 35.9 Å². The molecular formula is C13H17O. The summed E-state index contributed by atoms with van der Waals surface area (Å²) >= 11 is 0. The van der Waals surface area contributed by atoms with Gasteiger partial charge in [0.1, 0.15) is 0 Å². The summed E-state index contributed by atoms with van der Waals surface area (Å²) in [6.07, 6.45) is 5.83. The molecule has 1 atom stereocenters. The van der Waals surface area contributed by atoms with Crippen LogP contribution in [0.3, 0.4) is 0 Å². The highest BCUT2D eigenvalue weighted by Gasteiger charge is 2.05. The van der Waals surface area contributed by atoms with Crippen LogP contribution >= 0.6 is 0 Å². The zero-order valence-corrected chi connectivity index (χ0v) is 8.70. The van der Waals surface area contributed by atoms with E-state index >= 15 is 0 Å². The molecule has 1 heteroatoms. The van der Waals surface area contributed by atoms with Crippen molar-refractivity contribution < 1.29 is 4.79 Å². The van der Waals surface area contributed by atoms with Gasteiger partial charge >= 0.3 is 0 Å². The number of aryl methyl sites for hydroxylation is 1. The highest BCUT2D eigenvalue weighted by atomic mass is 16.1. The van der Waals surface area contributed by atoms with Crippen LogP contribution in [-0.4, -0.2) is 6.29 Å². The normalized spacial score (nSPS) is 12.4. The quantitative estimate of drug-likeness (QED) is 0.672. The van der Waals surface area contributed by atoms with E-state index in [1.807, 2.05) is 12.4 Å². The molecule has 0 aromatic heterocycles. The summed E-state index contributed by atoms with van der Waals surface area (Å²) in [6, 6.07) is 10.4. The molecule has 0 aliphatic heterocycles. The molecule has 1 radical (unpaired) electrons. The van der Waals surface area contributed by atoms with E-state index in [0.29, 0.717) is 12.3 Å². The highest BCUT2D eigenvalue weighted by molar-refractivity contribution is 5.50. The molecule has 1 nitrogen and oxygen atoms in total. The molecule has 0 spiro atoms. The lowest BCUT2D eigenvalue weighted by Gasteiger charge is -2.10. The topological polar surface area (TPSA) is 17.1 Å². The summed E-state index contributed by atoms with van der Waals surface area (Å²) < 4.78 is 0. The van der Waals surface area contributed by atoms with Gasteiger partial charge in [-0.15, -0.1) is 0 Å². The maximum absolute atomic E-state index is 10.3. The Balaban J connectivity index is 2.35. The molecule has 1 aromatic rings. The Morgan fingerprint density at radius 1 is 1.29 bits per heavy atom. The summed E-state index contributed by atoms with van der Waals surface area (Å²) in [5.41, 5.74) is 1.36. The van der Waals surface area contributed by atoms with Crippen molar-refractivity contribution in [3.63, 3.8) is 0 Å². The van der Waals surface area contributed by atoms with Crippen molar-refractivity contribution in [2.24, 2.45) is 5.92 Å². The Bertz CT molecular complexity index is 253. The molecule has 0 bridgehead atoms. The van der Waals surface area contributed by atoms with Crippen molar-refractivity contribution >= 4 is 6.29 Å². The third-order valence-corrected chi connectivity index (χ3v) is 2.63. The van der Waals surface area contributed by atoms with Crippen molar-refractivity contribution in [1.29, 1.82) is 0 Å². The molecule has 0 heterocycles. The number of hydrogen-bond donors (Lipinski definition) is 0. The van der Waals surface area contributed by atoms with Gasteiger partial charge in [-0.3, -0.25) is 4.79 Å². The summed E-state index contributed by atoms with van der Waals surface area (Å²) in [7, 11) is 0. The lowest BCUT2D eigenvalue weighted by atomic mass is 9.95. The fourth-order valence-corrected chi connectivity index (χ4v) is 1.58. The van der Waals surface area contributed by atoms with Crippen LogP contribution in [0.4, 0.5) is 0 Å². The van der Waals surface area contributed by atoms with Crippen LogP contribution in [0.2, 0.25) is 0 Å². The average molecular weight is 189 g/mol.